The van der Waals surface area contributed by atoms with Gasteiger partial charge in [0, 0.05) is 19.4 Å². The maximum absolute atomic E-state index is 12.8. The number of rotatable bonds is 72. The number of allylic oxidation sites excluding steroid dienone is 22. The summed E-state index contributed by atoms with van der Waals surface area (Å²) in [5.41, 5.74) is 5.41. The largest absolute Gasteiger partial charge is 0.472 e. The topological polar surface area (TPSA) is 134 Å². The van der Waals surface area contributed by atoms with Crippen LogP contribution < -0.4 is 5.73 Å². The van der Waals surface area contributed by atoms with E-state index >= 15 is 0 Å². The smallest absolute Gasteiger partial charge is 0.462 e. The van der Waals surface area contributed by atoms with Crippen molar-refractivity contribution in [1.82, 2.24) is 0 Å². The van der Waals surface area contributed by atoms with Gasteiger partial charge in [0.15, 0.2) is 6.10 Å². The van der Waals surface area contributed by atoms with Gasteiger partial charge in [-0.05, 0) is 116 Å². The zero-order valence-corrected chi connectivity index (χ0v) is 61.1. The van der Waals surface area contributed by atoms with E-state index in [1.54, 1.807) is 0 Å². The average Bonchev–Trinajstić information content (AvgIpc) is 3.60. The lowest BCUT2D eigenvalue weighted by Crippen LogP contribution is -2.29. The van der Waals surface area contributed by atoms with E-state index in [0.717, 1.165) is 109 Å². The summed E-state index contributed by atoms with van der Waals surface area (Å²) in [6.07, 6.45) is 110. The minimum Gasteiger partial charge on any atom is -0.462 e. The lowest BCUT2D eigenvalue weighted by molar-refractivity contribution is -0.161. The first-order chi connectivity index (χ1) is 45.8. The summed E-state index contributed by atoms with van der Waals surface area (Å²) >= 11 is 0. The Labute approximate surface area is 574 Å². The van der Waals surface area contributed by atoms with Crippen LogP contribution in [0.4, 0.5) is 0 Å². The van der Waals surface area contributed by atoms with Crippen LogP contribution in [0.3, 0.4) is 0 Å². The van der Waals surface area contributed by atoms with Gasteiger partial charge in [0.2, 0.25) is 0 Å². The van der Waals surface area contributed by atoms with E-state index in [1.807, 2.05) is 0 Å². The molecule has 0 aliphatic heterocycles. The third kappa shape index (κ3) is 77.0. The van der Waals surface area contributed by atoms with Crippen molar-refractivity contribution in [1.29, 1.82) is 0 Å². The highest BCUT2D eigenvalue weighted by Crippen LogP contribution is 2.43. The lowest BCUT2D eigenvalue weighted by Gasteiger charge is -2.19. The molecule has 9 nitrogen and oxygen atoms in total. The standard InChI is InChI=1S/C83H144NO8P/c1-3-5-7-9-11-13-15-17-19-21-23-25-27-29-31-33-35-37-38-39-40-41-42-44-46-48-50-52-54-56-58-60-62-64-66-68-70-72-74-76-83(86)92-81(80-91-93(87,88)90-78-77-84)79-89-82(85)75-73-71-69-67-65-63-61-59-57-55-53-51-49-47-45-43-36-34-32-30-28-26-24-22-20-18-16-14-12-10-8-6-4-2/h5,7,11,13,17,19,22-25,29,31,35,37,39-40,42,44,48,50,54,56,81H,3-4,6,8-10,12,14-16,18,20-21,26-28,30,32-34,36,38,41,43,45-47,49,51-53,55,57-80,84H2,1-2H3,(H,87,88)/b7-5-,13-11-,19-17-,24-22-,25-23-,31-29-,37-35-,40-39-,44-42-,50-48-,56-54-. The molecular weight excluding hydrogens is 1170 g/mol. The van der Waals surface area contributed by atoms with Gasteiger partial charge in [0.25, 0.3) is 0 Å². The molecule has 534 valence electrons. The van der Waals surface area contributed by atoms with Gasteiger partial charge in [-0.3, -0.25) is 18.6 Å². The van der Waals surface area contributed by atoms with Gasteiger partial charge in [-0.15, -0.1) is 0 Å². The maximum atomic E-state index is 12.8. The predicted octanol–water partition coefficient (Wildman–Crippen LogP) is 26.0. The Morgan fingerprint density at radius 1 is 0.333 bits per heavy atom. The van der Waals surface area contributed by atoms with Crippen molar-refractivity contribution in [3.05, 3.63) is 134 Å². The van der Waals surface area contributed by atoms with Crippen LogP contribution in [0.5, 0.6) is 0 Å². The number of phosphoric ester groups is 1. The van der Waals surface area contributed by atoms with Crippen molar-refractivity contribution in [2.45, 2.75) is 354 Å². The number of ether oxygens (including phenoxy) is 2. The first kappa shape index (κ1) is 89.2. The molecule has 0 heterocycles. The summed E-state index contributed by atoms with van der Waals surface area (Å²) in [4.78, 5) is 35.4. The van der Waals surface area contributed by atoms with E-state index in [2.05, 4.69) is 148 Å². The van der Waals surface area contributed by atoms with E-state index < -0.39 is 26.5 Å². The summed E-state index contributed by atoms with van der Waals surface area (Å²) in [5.74, 6) is -0.831. The number of unbranched alkanes of at least 4 members (excludes halogenated alkanes) is 37. The quantitative estimate of drug-likeness (QED) is 0.0264. The van der Waals surface area contributed by atoms with E-state index in [4.69, 9.17) is 24.3 Å². The minimum absolute atomic E-state index is 0.0475. The van der Waals surface area contributed by atoms with Crippen molar-refractivity contribution < 1.29 is 37.6 Å². The van der Waals surface area contributed by atoms with Gasteiger partial charge in [-0.25, -0.2) is 4.57 Å². The lowest BCUT2D eigenvalue weighted by atomic mass is 10.0. The van der Waals surface area contributed by atoms with E-state index in [1.165, 1.54) is 205 Å². The average molecular weight is 1320 g/mol. The molecule has 0 fully saturated rings. The molecule has 0 saturated carbocycles. The molecule has 0 rings (SSSR count). The van der Waals surface area contributed by atoms with Crippen molar-refractivity contribution in [3.63, 3.8) is 0 Å². The summed E-state index contributed by atoms with van der Waals surface area (Å²) < 4.78 is 33.2. The van der Waals surface area contributed by atoms with Crippen LogP contribution in [0.25, 0.3) is 0 Å². The molecule has 0 aliphatic rings. The van der Waals surface area contributed by atoms with Gasteiger partial charge < -0.3 is 20.1 Å². The first-order valence-corrected chi connectivity index (χ1v) is 40.2. The second-order valence-electron chi connectivity index (χ2n) is 25.5. The van der Waals surface area contributed by atoms with Gasteiger partial charge >= 0.3 is 19.8 Å². The highest BCUT2D eigenvalue weighted by molar-refractivity contribution is 7.47. The number of nitrogens with two attached hydrogens (primary N) is 1. The fourth-order valence-corrected chi connectivity index (χ4v) is 11.6. The Bertz CT molecular complexity index is 1990. The number of carbonyl (C=O) groups excluding carboxylic acids is 2. The number of phosphoric acid groups is 1. The van der Waals surface area contributed by atoms with Gasteiger partial charge in [0.05, 0.1) is 13.2 Å². The molecule has 10 heteroatoms. The molecule has 93 heavy (non-hydrogen) atoms. The van der Waals surface area contributed by atoms with Crippen LogP contribution in [0, 0.1) is 0 Å². The highest BCUT2D eigenvalue weighted by Gasteiger charge is 2.26. The zero-order chi connectivity index (χ0) is 67.2. The molecule has 0 aromatic heterocycles. The monoisotopic (exact) mass is 1310 g/mol. The van der Waals surface area contributed by atoms with Gasteiger partial charge in [-0.1, -0.05) is 353 Å². The van der Waals surface area contributed by atoms with Crippen LogP contribution in [0.2, 0.25) is 0 Å². The number of hydrogen-bond donors (Lipinski definition) is 2. The Kier molecular flexibility index (Phi) is 74.0. The SMILES string of the molecule is CC/C=C\C/C=C\C/C=C\C/C=C\C/C=C\C/C=C\C/C=C\C/C=C\C/C=C\C/C=C\CCCCCCCCCCC(=O)OC(COC(=O)CCCCCCCCCCCCCCCCCCCCCCC/C=C\CCCCCCCCCC)COP(=O)(O)OCCN. The highest BCUT2D eigenvalue weighted by atomic mass is 31.2. The zero-order valence-electron chi connectivity index (χ0n) is 60.2. The molecule has 0 aliphatic carbocycles. The third-order valence-electron chi connectivity index (χ3n) is 16.5. The van der Waals surface area contributed by atoms with Crippen LogP contribution in [-0.2, 0) is 32.7 Å². The molecule has 3 N–H and O–H groups in total. The summed E-state index contributed by atoms with van der Waals surface area (Å²) in [7, 11) is -4.41. The summed E-state index contributed by atoms with van der Waals surface area (Å²) in [6, 6.07) is 0. The molecule has 0 spiro atoms. The van der Waals surface area contributed by atoms with Crippen molar-refractivity contribution in [2.75, 3.05) is 26.4 Å². The number of esters is 2. The Balaban J connectivity index is 3.90. The molecular formula is C83H144NO8P. The van der Waals surface area contributed by atoms with Gasteiger partial charge in [0.1, 0.15) is 6.61 Å². The van der Waals surface area contributed by atoms with E-state index in [0.29, 0.717) is 6.42 Å². The van der Waals surface area contributed by atoms with Crippen LogP contribution in [0.15, 0.2) is 134 Å². The first-order valence-electron chi connectivity index (χ1n) is 38.7. The number of carbonyl (C=O) groups is 2. The second kappa shape index (κ2) is 77.2. The second-order valence-corrected chi connectivity index (χ2v) is 26.9. The van der Waals surface area contributed by atoms with Crippen LogP contribution in [-0.4, -0.2) is 49.3 Å². The molecule has 0 amide bonds. The normalized spacial score (nSPS) is 13.6. The van der Waals surface area contributed by atoms with Crippen LogP contribution in [0.1, 0.15) is 348 Å². The van der Waals surface area contributed by atoms with Crippen LogP contribution >= 0.6 is 7.82 Å². The molecule has 2 atom stereocenters. The predicted molar refractivity (Wildman–Crippen MR) is 404 cm³/mol. The molecule has 0 aromatic rings. The molecule has 0 radical (unpaired) electrons. The van der Waals surface area contributed by atoms with Crippen molar-refractivity contribution in [3.8, 4) is 0 Å². The Hall–Kier alpha value is -3.85. The third-order valence-corrected chi connectivity index (χ3v) is 17.5. The van der Waals surface area contributed by atoms with Crippen molar-refractivity contribution in [2.24, 2.45) is 5.73 Å². The fourth-order valence-electron chi connectivity index (χ4n) is 10.8. The molecule has 0 bridgehead atoms. The van der Waals surface area contributed by atoms with E-state index in [-0.39, 0.29) is 38.6 Å². The molecule has 0 aromatic carbocycles. The molecule has 2 unspecified atom stereocenters. The summed E-state index contributed by atoms with van der Waals surface area (Å²) in [5, 5.41) is 0. The van der Waals surface area contributed by atoms with E-state index in [9.17, 15) is 19.0 Å². The van der Waals surface area contributed by atoms with Gasteiger partial charge in [-0.2, -0.15) is 0 Å². The number of hydrogen-bond acceptors (Lipinski definition) is 8. The Morgan fingerprint density at radius 2 is 0.591 bits per heavy atom. The molecule has 0 saturated heterocycles. The minimum atomic E-state index is -4.41. The Morgan fingerprint density at radius 3 is 0.892 bits per heavy atom. The maximum Gasteiger partial charge on any atom is 0.472 e. The van der Waals surface area contributed by atoms with Crippen molar-refractivity contribution >= 4 is 19.8 Å². The summed E-state index contributed by atoms with van der Waals surface area (Å²) in [6.45, 7) is 3.65. The fraction of sp³-hybridized carbons (Fsp3) is 0.711.